The summed E-state index contributed by atoms with van der Waals surface area (Å²) in [5, 5.41) is 13.7. The van der Waals surface area contributed by atoms with Crippen LogP contribution in [0, 0.1) is 0 Å². The van der Waals surface area contributed by atoms with Crippen molar-refractivity contribution < 1.29 is 29.2 Å². The average Bonchev–Trinajstić information content (AvgIpc) is 2.92. The summed E-state index contributed by atoms with van der Waals surface area (Å²) in [5.74, 6) is -2.39. The number of oxime groups is 1. The van der Waals surface area contributed by atoms with Crippen molar-refractivity contribution in [1.82, 2.24) is 5.06 Å². The van der Waals surface area contributed by atoms with Gasteiger partial charge in [-0.1, -0.05) is 41.6 Å². The van der Waals surface area contributed by atoms with E-state index >= 15 is 0 Å². The largest absolute Gasteiger partial charge is 0.476 e. The summed E-state index contributed by atoms with van der Waals surface area (Å²) in [5.41, 5.74) is 0.947. The van der Waals surface area contributed by atoms with Crippen molar-refractivity contribution >= 4 is 23.5 Å². The Labute approximate surface area is 154 Å². The highest BCUT2D eigenvalue weighted by atomic mass is 16.7. The molecule has 2 amide bonds. The van der Waals surface area contributed by atoms with Gasteiger partial charge in [0, 0.05) is 5.56 Å². The predicted octanol–water partition coefficient (Wildman–Crippen LogP) is 2.24. The number of amides is 2. The number of carbonyl (C=O) groups is 3. The molecule has 0 spiro atoms. The van der Waals surface area contributed by atoms with E-state index in [4.69, 9.17) is 9.68 Å². The van der Waals surface area contributed by atoms with Gasteiger partial charge in [0.25, 0.3) is 11.8 Å². The molecule has 0 saturated heterocycles. The van der Waals surface area contributed by atoms with Crippen molar-refractivity contribution in [2.24, 2.45) is 5.16 Å². The number of benzene rings is 2. The Balaban J connectivity index is 1.83. The van der Waals surface area contributed by atoms with Gasteiger partial charge in [0.15, 0.2) is 5.71 Å². The molecule has 0 bridgehead atoms. The first-order valence-electron chi connectivity index (χ1n) is 8.16. The first-order chi connectivity index (χ1) is 13.0. The summed E-state index contributed by atoms with van der Waals surface area (Å²) in [4.78, 5) is 46.5. The molecule has 0 aliphatic carbocycles. The summed E-state index contributed by atoms with van der Waals surface area (Å²) >= 11 is 0. The average molecular weight is 368 g/mol. The van der Waals surface area contributed by atoms with E-state index in [0.29, 0.717) is 10.6 Å². The number of fused-ring (bicyclic) bond motifs is 1. The Bertz CT molecular complexity index is 902. The third-order valence-electron chi connectivity index (χ3n) is 3.87. The zero-order chi connectivity index (χ0) is 19.4. The van der Waals surface area contributed by atoms with Crippen LogP contribution in [0.5, 0.6) is 0 Å². The Morgan fingerprint density at radius 3 is 2.22 bits per heavy atom. The second kappa shape index (κ2) is 7.79. The number of hydroxylamine groups is 2. The molecule has 1 aliphatic rings. The summed E-state index contributed by atoms with van der Waals surface area (Å²) < 4.78 is 0. The van der Waals surface area contributed by atoms with Gasteiger partial charge in [0.2, 0.25) is 0 Å². The van der Waals surface area contributed by atoms with Gasteiger partial charge in [-0.15, -0.1) is 5.06 Å². The number of rotatable bonds is 7. The van der Waals surface area contributed by atoms with E-state index in [0.717, 1.165) is 0 Å². The van der Waals surface area contributed by atoms with Crippen LogP contribution in [0.3, 0.4) is 0 Å². The van der Waals surface area contributed by atoms with Crippen LogP contribution in [-0.2, 0) is 21.1 Å². The van der Waals surface area contributed by atoms with Gasteiger partial charge in [0.1, 0.15) is 13.2 Å². The van der Waals surface area contributed by atoms with E-state index in [2.05, 4.69) is 5.16 Å². The van der Waals surface area contributed by atoms with Crippen molar-refractivity contribution in [1.29, 1.82) is 0 Å². The third kappa shape index (κ3) is 3.56. The van der Waals surface area contributed by atoms with Crippen LogP contribution in [0.15, 0.2) is 53.7 Å². The zero-order valence-electron chi connectivity index (χ0n) is 14.4. The van der Waals surface area contributed by atoms with Crippen molar-refractivity contribution in [2.45, 2.75) is 13.5 Å². The summed E-state index contributed by atoms with van der Waals surface area (Å²) in [6, 6.07) is 12.9. The lowest BCUT2D eigenvalue weighted by molar-refractivity contribution is -0.129. The molecule has 0 atom stereocenters. The van der Waals surface area contributed by atoms with Gasteiger partial charge in [-0.2, -0.15) is 0 Å². The van der Waals surface area contributed by atoms with E-state index in [9.17, 15) is 19.5 Å². The number of hydrogen-bond donors (Lipinski definition) is 1. The Morgan fingerprint density at radius 1 is 1.04 bits per heavy atom. The van der Waals surface area contributed by atoms with Gasteiger partial charge in [-0.25, -0.2) is 4.79 Å². The number of hydrogen-bond acceptors (Lipinski definition) is 6. The maximum absolute atomic E-state index is 12.3. The van der Waals surface area contributed by atoms with Crippen molar-refractivity contribution in [2.75, 3.05) is 6.61 Å². The van der Waals surface area contributed by atoms with E-state index in [-0.39, 0.29) is 35.6 Å². The molecular weight excluding hydrogens is 352 g/mol. The molecule has 1 heterocycles. The molecule has 3 rings (SSSR count). The number of carboxylic acids is 1. The first kappa shape index (κ1) is 18.3. The minimum atomic E-state index is -1.27. The van der Waals surface area contributed by atoms with E-state index in [1.165, 1.54) is 0 Å². The molecule has 0 saturated carbocycles. The minimum Gasteiger partial charge on any atom is -0.476 e. The van der Waals surface area contributed by atoms with Gasteiger partial charge in [0.05, 0.1) is 11.1 Å². The summed E-state index contributed by atoms with van der Waals surface area (Å²) in [6.45, 7) is 1.70. The maximum atomic E-state index is 12.3. The number of carboxylic acid groups (broad SMARTS) is 1. The number of nitrogens with zero attached hydrogens (tertiary/aromatic N) is 2. The highest BCUT2D eigenvalue weighted by Crippen LogP contribution is 2.24. The number of aliphatic carboxylic acids is 1. The summed E-state index contributed by atoms with van der Waals surface area (Å²) in [6.07, 6.45) is 0. The van der Waals surface area contributed by atoms with Crippen LogP contribution in [0.2, 0.25) is 0 Å². The molecule has 1 N–H and O–H groups in total. The normalized spacial score (nSPS) is 13.7. The Kier molecular flexibility index (Phi) is 5.28. The fourth-order valence-electron chi connectivity index (χ4n) is 2.63. The van der Waals surface area contributed by atoms with Crippen LogP contribution < -0.4 is 0 Å². The molecule has 0 unspecified atom stereocenters. The SMILES string of the molecule is CCO/N=C(/C(=O)O)c1ccccc1CON1C(=O)c2ccccc2C1=O. The molecule has 8 heteroatoms. The van der Waals surface area contributed by atoms with Crippen LogP contribution in [-0.4, -0.2) is 40.3 Å². The molecule has 0 radical (unpaired) electrons. The van der Waals surface area contributed by atoms with E-state index < -0.39 is 17.8 Å². The van der Waals surface area contributed by atoms with Gasteiger partial charge < -0.3 is 9.94 Å². The fourth-order valence-corrected chi connectivity index (χ4v) is 2.63. The third-order valence-corrected chi connectivity index (χ3v) is 3.87. The summed E-state index contributed by atoms with van der Waals surface area (Å²) in [7, 11) is 0. The van der Waals surface area contributed by atoms with Gasteiger partial charge in [-0.05, 0) is 24.6 Å². The lowest BCUT2D eigenvalue weighted by atomic mass is 10.0. The van der Waals surface area contributed by atoms with Gasteiger partial charge in [-0.3, -0.25) is 14.4 Å². The maximum Gasteiger partial charge on any atom is 0.358 e. The molecular formula is C19H16N2O6. The lowest BCUT2D eigenvalue weighted by Gasteiger charge is -2.15. The molecule has 1 aliphatic heterocycles. The van der Waals surface area contributed by atoms with Crippen LogP contribution in [0.25, 0.3) is 0 Å². The van der Waals surface area contributed by atoms with Crippen molar-refractivity contribution in [3.8, 4) is 0 Å². The zero-order valence-corrected chi connectivity index (χ0v) is 14.4. The molecule has 27 heavy (non-hydrogen) atoms. The topological polar surface area (TPSA) is 106 Å². The predicted molar refractivity (Wildman–Crippen MR) is 94.0 cm³/mol. The van der Waals surface area contributed by atoms with E-state index in [1.807, 2.05) is 0 Å². The first-order valence-corrected chi connectivity index (χ1v) is 8.16. The minimum absolute atomic E-state index is 0.194. The second-order valence-electron chi connectivity index (χ2n) is 5.54. The molecule has 0 fully saturated rings. The van der Waals surface area contributed by atoms with Crippen molar-refractivity contribution in [3.63, 3.8) is 0 Å². The molecule has 2 aromatic carbocycles. The Morgan fingerprint density at radius 2 is 1.63 bits per heavy atom. The Hall–Kier alpha value is -3.52. The highest BCUT2D eigenvalue weighted by molar-refractivity contribution is 6.42. The molecule has 2 aromatic rings. The number of imide groups is 1. The van der Waals surface area contributed by atoms with Crippen LogP contribution >= 0.6 is 0 Å². The van der Waals surface area contributed by atoms with Gasteiger partial charge >= 0.3 is 5.97 Å². The fraction of sp³-hybridized carbons (Fsp3) is 0.158. The molecule has 138 valence electrons. The van der Waals surface area contributed by atoms with Crippen LogP contribution in [0.4, 0.5) is 0 Å². The highest BCUT2D eigenvalue weighted by Gasteiger charge is 2.36. The van der Waals surface area contributed by atoms with Crippen molar-refractivity contribution in [3.05, 3.63) is 70.8 Å². The van der Waals surface area contributed by atoms with Crippen LogP contribution in [0.1, 0.15) is 38.8 Å². The quantitative estimate of drug-likeness (QED) is 0.456. The smallest absolute Gasteiger partial charge is 0.358 e. The monoisotopic (exact) mass is 368 g/mol. The lowest BCUT2D eigenvalue weighted by Crippen LogP contribution is -2.30. The molecule has 0 aromatic heterocycles. The second-order valence-corrected chi connectivity index (χ2v) is 5.54. The molecule has 8 nitrogen and oxygen atoms in total. The number of carbonyl (C=O) groups excluding carboxylic acids is 2. The van der Waals surface area contributed by atoms with E-state index in [1.54, 1.807) is 55.5 Å². The standard InChI is InChI=1S/C19H16N2O6/c1-2-26-20-16(19(24)25)13-8-4-3-7-12(13)11-27-21-17(22)14-9-5-6-10-15(14)18(21)23/h3-10H,2,11H2,1H3,(H,24,25)/b20-16+.